The van der Waals surface area contributed by atoms with Crippen LogP contribution in [0.15, 0.2) is 0 Å². The lowest BCUT2D eigenvalue weighted by molar-refractivity contribution is -0.129. The Morgan fingerprint density at radius 1 is 1.60 bits per heavy atom. The van der Waals surface area contributed by atoms with Crippen LogP contribution in [-0.2, 0) is 4.79 Å². The second-order valence-corrected chi connectivity index (χ2v) is 2.63. The van der Waals surface area contributed by atoms with Crippen LogP contribution >= 0.6 is 11.6 Å². The van der Waals surface area contributed by atoms with Crippen molar-refractivity contribution in [2.24, 2.45) is 0 Å². The van der Waals surface area contributed by atoms with Crippen molar-refractivity contribution in [3.8, 4) is 0 Å². The molecule has 0 fully saturated rings. The molecule has 0 saturated carbocycles. The van der Waals surface area contributed by atoms with Gasteiger partial charge in [0.05, 0.1) is 0 Å². The van der Waals surface area contributed by atoms with Crippen LogP contribution in [0, 0.1) is 0 Å². The minimum absolute atomic E-state index is 0.136. The number of carbonyl (C=O) groups excluding carboxylic acids is 1. The second kappa shape index (κ2) is 5.54. The van der Waals surface area contributed by atoms with E-state index in [4.69, 9.17) is 11.6 Å². The zero-order valence-electron chi connectivity index (χ0n) is 6.56. The summed E-state index contributed by atoms with van der Waals surface area (Å²) in [7, 11) is 1.80. The number of halogens is 1. The van der Waals surface area contributed by atoms with E-state index in [1.54, 1.807) is 11.9 Å². The lowest BCUT2D eigenvalue weighted by Crippen LogP contribution is -2.27. The Balaban J connectivity index is 3.49. The Hall–Kier alpha value is -0.240. The Morgan fingerprint density at radius 2 is 2.20 bits per heavy atom. The third kappa shape index (κ3) is 3.72. The molecule has 1 amide bonds. The van der Waals surface area contributed by atoms with Crippen LogP contribution in [0.2, 0.25) is 0 Å². The first kappa shape index (κ1) is 9.76. The Kier molecular flexibility index (Phi) is 5.40. The smallest absolute Gasteiger partial charge is 0.223 e. The first-order valence-electron chi connectivity index (χ1n) is 3.52. The first-order valence-corrected chi connectivity index (χ1v) is 4.05. The number of carbonyl (C=O) groups is 1. The molecule has 0 rings (SSSR count). The molecule has 60 valence electrons. The van der Waals surface area contributed by atoms with Gasteiger partial charge in [0.25, 0.3) is 0 Å². The van der Waals surface area contributed by atoms with Crippen LogP contribution in [0.5, 0.6) is 0 Å². The van der Waals surface area contributed by atoms with E-state index in [9.17, 15) is 4.79 Å². The van der Waals surface area contributed by atoms with E-state index in [1.807, 2.05) is 6.92 Å². The quantitative estimate of drug-likeness (QED) is 0.575. The molecule has 0 heterocycles. The zero-order chi connectivity index (χ0) is 7.98. The van der Waals surface area contributed by atoms with Gasteiger partial charge in [-0.15, -0.1) is 11.6 Å². The SMILES string of the molecule is CCCN(C)C(=O)CCCl. The third-order valence-corrected chi connectivity index (χ3v) is 1.48. The van der Waals surface area contributed by atoms with Gasteiger partial charge in [-0.05, 0) is 6.42 Å². The molecule has 0 unspecified atom stereocenters. The molecule has 0 aliphatic carbocycles. The molecule has 0 bridgehead atoms. The summed E-state index contributed by atoms with van der Waals surface area (Å²) in [6, 6.07) is 0. The summed E-state index contributed by atoms with van der Waals surface area (Å²) in [5.74, 6) is 0.559. The van der Waals surface area contributed by atoms with Crippen molar-refractivity contribution in [3.05, 3.63) is 0 Å². The standard InChI is InChI=1S/C7H14ClNO/c1-3-6-9(2)7(10)4-5-8/h3-6H2,1-2H3. The maximum atomic E-state index is 11.0. The predicted molar refractivity (Wildman–Crippen MR) is 43.3 cm³/mol. The fourth-order valence-corrected chi connectivity index (χ4v) is 0.893. The molecule has 0 aliphatic heterocycles. The maximum Gasteiger partial charge on any atom is 0.223 e. The van der Waals surface area contributed by atoms with Crippen molar-refractivity contribution in [3.63, 3.8) is 0 Å². The van der Waals surface area contributed by atoms with E-state index >= 15 is 0 Å². The Bertz CT molecular complexity index is 106. The molecule has 0 aromatic heterocycles. The van der Waals surface area contributed by atoms with Crippen molar-refractivity contribution in [1.29, 1.82) is 0 Å². The maximum absolute atomic E-state index is 11.0. The molecule has 0 radical (unpaired) electrons. The summed E-state index contributed by atoms with van der Waals surface area (Å²) < 4.78 is 0. The van der Waals surface area contributed by atoms with E-state index in [1.165, 1.54) is 0 Å². The molecule has 0 saturated heterocycles. The van der Waals surface area contributed by atoms with Gasteiger partial charge in [-0.1, -0.05) is 6.92 Å². The normalized spacial score (nSPS) is 9.50. The van der Waals surface area contributed by atoms with E-state index in [0.717, 1.165) is 13.0 Å². The number of hydrogen-bond donors (Lipinski definition) is 0. The van der Waals surface area contributed by atoms with E-state index in [0.29, 0.717) is 12.3 Å². The van der Waals surface area contributed by atoms with Gasteiger partial charge >= 0.3 is 0 Å². The van der Waals surface area contributed by atoms with E-state index in [2.05, 4.69) is 0 Å². The highest BCUT2D eigenvalue weighted by atomic mass is 35.5. The Morgan fingerprint density at radius 3 is 2.60 bits per heavy atom. The van der Waals surface area contributed by atoms with Crippen molar-refractivity contribution in [2.45, 2.75) is 19.8 Å². The van der Waals surface area contributed by atoms with Crippen LogP contribution in [0.3, 0.4) is 0 Å². The van der Waals surface area contributed by atoms with Crippen LogP contribution < -0.4 is 0 Å². The van der Waals surface area contributed by atoms with Gasteiger partial charge in [-0.3, -0.25) is 4.79 Å². The lowest BCUT2D eigenvalue weighted by Gasteiger charge is -2.14. The summed E-state index contributed by atoms with van der Waals surface area (Å²) in [6.07, 6.45) is 1.46. The molecule has 0 N–H and O–H groups in total. The van der Waals surface area contributed by atoms with E-state index < -0.39 is 0 Å². The van der Waals surface area contributed by atoms with Gasteiger partial charge in [-0.25, -0.2) is 0 Å². The van der Waals surface area contributed by atoms with Gasteiger partial charge < -0.3 is 4.90 Å². The van der Waals surface area contributed by atoms with Crippen molar-refractivity contribution >= 4 is 17.5 Å². The largest absolute Gasteiger partial charge is 0.346 e. The van der Waals surface area contributed by atoms with Crippen LogP contribution in [0.25, 0.3) is 0 Å². The summed E-state index contributed by atoms with van der Waals surface area (Å²) in [6.45, 7) is 2.88. The topological polar surface area (TPSA) is 20.3 Å². The average Bonchev–Trinajstić information content (AvgIpc) is 1.89. The molecule has 0 aliphatic rings. The molecule has 0 spiro atoms. The number of rotatable bonds is 4. The predicted octanol–water partition coefficient (Wildman–Crippen LogP) is 1.48. The molecule has 3 heteroatoms. The van der Waals surface area contributed by atoms with Gasteiger partial charge in [0, 0.05) is 25.9 Å². The fraction of sp³-hybridized carbons (Fsp3) is 0.857. The molecule has 0 aromatic carbocycles. The monoisotopic (exact) mass is 163 g/mol. The number of hydrogen-bond acceptors (Lipinski definition) is 1. The zero-order valence-corrected chi connectivity index (χ0v) is 7.32. The van der Waals surface area contributed by atoms with Gasteiger partial charge in [0.15, 0.2) is 0 Å². The summed E-state index contributed by atoms with van der Waals surface area (Å²) in [5.41, 5.74) is 0. The summed E-state index contributed by atoms with van der Waals surface area (Å²) >= 11 is 5.39. The number of nitrogens with zero attached hydrogens (tertiary/aromatic N) is 1. The molecule has 10 heavy (non-hydrogen) atoms. The molecular weight excluding hydrogens is 150 g/mol. The summed E-state index contributed by atoms with van der Waals surface area (Å²) in [5, 5.41) is 0. The first-order chi connectivity index (χ1) is 4.72. The fourth-order valence-electron chi connectivity index (χ4n) is 0.732. The average molecular weight is 164 g/mol. The van der Waals surface area contributed by atoms with Crippen LogP contribution in [0.4, 0.5) is 0 Å². The van der Waals surface area contributed by atoms with Crippen molar-refractivity contribution < 1.29 is 4.79 Å². The van der Waals surface area contributed by atoms with Crippen LogP contribution in [-0.4, -0.2) is 30.3 Å². The number of alkyl halides is 1. The lowest BCUT2D eigenvalue weighted by atomic mass is 10.4. The second-order valence-electron chi connectivity index (χ2n) is 2.25. The highest BCUT2D eigenvalue weighted by Crippen LogP contribution is 1.93. The third-order valence-electron chi connectivity index (χ3n) is 1.29. The summed E-state index contributed by atoms with van der Waals surface area (Å²) in [4.78, 5) is 12.7. The molecule has 0 atom stereocenters. The highest BCUT2D eigenvalue weighted by molar-refractivity contribution is 6.18. The molecule has 0 aromatic rings. The molecular formula is C7H14ClNO. The highest BCUT2D eigenvalue weighted by Gasteiger charge is 2.04. The van der Waals surface area contributed by atoms with Crippen molar-refractivity contribution in [1.82, 2.24) is 4.90 Å². The van der Waals surface area contributed by atoms with Crippen molar-refractivity contribution in [2.75, 3.05) is 19.5 Å². The van der Waals surface area contributed by atoms with Gasteiger partial charge in [0.2, 0.25) is 5.91 Å². The minimum atomic E-state index is 0.136. The Labute approximate surface area is 67.2 Å². The van der Waals surface area contributed by atoms with Gasteiger partial charge in [-0.2, -0.15) is 0 Å². The number of amides is 1. The molecule has 2 nitrogen and oxygen atoms in total. The minimum Gasteiger partial charge on any atom is -0.346 e. The van der Waals surface area contributed by atoms with Gasteiger partial charge in [0.1, 0.15) is 0 Å². The van der Waals surface area contributed by atoms with Crippen LogP contribution in [0.1, 0.15) is 19.8 Å². The van der Waals surface area contributed by atoms with E-state index in [-0.39, 0.29) is 5.91 Å².